The monoisotopic (exact) mass is 292 g/mol. The van der Waals surface area contributed by atoms with Gasteiger partial charge in [0.2, 0.25) is 0 Å². The van der Waals surface area contributed by atoms with Crippen LogP contribution in [0.25, 0.3) is 5.69 Å². The van der Waals surface area contributed by atoms with E-state index in [-0.39, 0.29) is 5.56 Å². The fourth-order valence-electron chi connectivity index (χ4n) is 1.68. The second kappa shape index (κ2) is 4.86. The van der Waals surface area contributed by atoms with E-state index in [0.717, 1.165) is 11.9 Å². The molecule has 2 rings (SSSR count). The molecule has 6 heteroatoms. The van der Waals surface area contributed by atoms with E-state index >= 15 is 0 Å². The largest absolute Gasteiger partial charge is 0.292 e. The van der Waals surface area contributed by atoms with Crippen molar-refractivity contribution in [3.05, 3.63) is 48.3 Å². The zero-order chi connectivity index (χ0) is 15.0. The molecule has 20 heavy (non-hydrogen) atoms. The minimum absolute atomic E-state index is 0.282. The molecular formula is C14H16N2O3S. The van der Waals surface area contributed by atoms with Gasteiger partial charge in [-0.1, -0.05) is 18.2 Å². The van der Waals surface area contributed by atoms with Gasteiger partial charge in [-0.15, -0.1) is 0 Å². The van der Waals surface area contributed by atoms with Crippen molar-refractivity contribution in [2.24, 2.45) is 0 Å². The smallest absolute Gasteiger partial charge is 0.186 e. The van der Waals surface area contributed by atoms with E-state index in [4.69, 9.17) is 0 Å². The molecule has 106 valence electrons. The molecule has 0 aliphatic heterocycles. The highest BCUT2D eigenvalue weighted by molar-refractivity contribution is 7.92. The van der Waals surface area contributed by atoms with Gasteiger partial charge in [0.15, 0.2) is 15.6 Å². The van der Waals surface area contributed by atoms with Crippen molar-refractivity contribution in [1.82, 2.24) is 9.78 Å². The molecule has 1 aromatic carbocycles. The van der Waals surface area contributed by atoms with Gasteiger partial charge in [0.25, 0.3) is 0 Å². The first-order valence-electron chi connectivity index (χ1n) is 6.08. The van der Waals surface area contributed by atoms with E-state index in [1.807, 2.05) is 30.3 Å². The highest BCUT2D eigenvalue weighted by Gasteiger charge is 2.39. The zero-order valence-corrected chi connectivity index (χ0v) is 12.4. The molecule has 2 aromatic rings. The molecule has 0 amide bonds. The minimum atomic E-state index is -3.49. The average molecular weight is 292 g/mol. The highest BCUT2D eigenvalue weighted by atomic mass is 32.2. The summed E-state index contributed by atoms with van der Waals surface area (Å²) in [5.41, 5.74) is 1.09. The number of ketones is 1. The van der Waals surface area contributed by atoms with Crippen LogP contribution in [0.4, 0.5) is 0 Å². The van der Waals surface area contributed by atoms with Crippen LogP contribution in [0, 0.1) is 0 Å². The van der Waals surface area contributed by atoms with Gasteiger partial charge in [0, 0.05) is 12.5 Å². The summed E-state index contributed by atoms with van der Waals surface area (Å²) in [5, 5.41) is 4.10. The predicted molar refractivity (Wildman–Crippen MR) is 76.8 cm³/mol. The first kappa shape index (κ1) is 14.5. The molecule has 0 aliphatic rings. The third-order valence-electron chi connectivity index (χ3n) is 3.34. The number of Topliss-reactive ketones (excluding diaryl/α,β-unsaturated/α-hetero) is 1. The first-order chi connectivity index (χ1) is 9.23. The van der Waals surface area contributed by atoms with Crippen LogP contribution in [0.1, 0.15) is 24.2 Å². The molecule has 0 N–H and O–H groups in total. The fourth-order valence-corrected chi connectivity index (χ4v) is 2.13. The zero-order valence-electron chi connectivity index (χ0n) is 11.6. The number of hydrogen-bond acceptors (Lipinski definition) is 4. The Bertz CT molecular complexity index is 731. The highest BCUT2D eigenvalue weighted by Crippen LogP contribution is 2.21. The number of aromatic nitrogens is 2. The Balaban J connectivity index is 2.37. The Kier molecular flexibility index (Phi) is 3.52. The average Bonchev–Trinajstić information content (AvgIpc) is 2.87. The molecule has 1 aromatic heterocycles. The second-order valence-electron chi connectivity index (χ2n) is 5.12. The minimum Gasteiger partial charge on any atom is -0.292 e. The third kappa shape index (κ3) is 2.51. The molecule has 0 fully saturated rings. The van der Waals surface area contributed by atoms with Gasteiger partial charge in [-0.3, -0.25) is 4.79 Å². The molecule has 0 bridgehead atoms. The molecule has 0 saturated heterocycles. The number of para-hydroxylation sites is 1. The lowest BCUT2D eigenvalue weighted by molar-refractivity contribution is 0.0954. The summed E-state index contributed by atoms with van der Waals surface area (Å²) >= 11 is 0. The van der Waals surface area contributed by atoms with Crippen LogP contribution in [0.5, 0.6) is 0 Å². The number of rotatable bonds is 4. The van der Waals surface area contributed by atoms with Crippen LogP contribution in [-0.2, 0) is 9.84 Å². The van der Waals surface area contributed by atoms with E-state index in [2.05, 4.69) is 5.10 Å². The summed E-state index contributed by atoms with van der Waals surface area (Å²) in [6.07, 6.45) is 4.00. The number of carbonyl (C=O) groups is 1. The Hall–Kier alpha value is -1.95. The molecule has 0 saturated carbocycles. The van der Waals surface area contributed by atoms with E-state index in [1.54, 1.807) is 10.9 Å². The lowest BCUT2D eigenvalue weighted by Gasteiger charge is -2.19. The van der Waals surface area contributed by atoms with Crippen LogP contribution >= 0.6 is 0 Å². The van der Waals surface area contributed by atoms with Gasteiger partial charge in [0.05, 0.1) is 17.4 Å². The normalized spacial score (nSPS) is 12.3. The maximum atomic E-state index is 12.3. The molecule has 0 atom stereocenters. The van der Waals surface area contributed by atoms with Crippen LogP contribution < -0.4 is 0 Å². The van der Waals surface area contributed by atoms with Crippen molar-refractivity contribution in [1.29, 1.82) is 0 Å². The van der Waals surface area contributed by atoms with Gasteiger partial charge < -0.3 is 0 Å². The summed E-state index contributed by atoms with van der Waals surface area (Å²) in [5.74, 6) is -0.456. The van der Waals surface area contributed by atoms with Crippen LogP contribution in [0.15, 0.2) is 42.7 Å². The van der Waals surface area contributed by atoms with Crippen molar-refractivity contribution in [3.8, 4) is 5.69 Å². The third-order valence-corrected chi connectivity index (χ3v) is 5.38. The summed E-state index contributed by atoms with van der Waals surface area (Å²) in [6.45, 7) is 2.81. The summed E-state index contributed by atoms with van der Waals surface area (Å²) in [6, 6.07) is 9.30. The van der Waals surface area contributed by atoms with Gasteiger partial charge in [0.1, 0.15) is 4.75 Å². The summed E-state index contributed by atoms with van der Waals surface area (Å²) < 4.78 is 23.5. The van der Waals surface area contributed by atoms with Crippen molar-refractivity contribution in [2.45, 2.75) is 18.6 Å². The fraction of sp³-hybridized carbons (Fsp3) is 0.286. The Labute approximate surface area is 118 Å². The van der Waals surface area contributed by atoms with Gasteiger partial charge in [-0.05, 0) is 26.0 Å². The SMILES string of the molecule is CC(C)(C(=O)c1cnn(-c2ccccc2)c1)S(C)(=O)=O. The van der Waals surface area contributed by atoms with Gasteiger partial charge in [-0.2, -0.15) is 5.10 Å². The maximum absolute atomic E-state index is 12.3. The summed E-state index contributed by atoms with van der Waals surface area (Å²) in [7, 11) is -3.49. The van der Waals surface area contributed by atoms with Crippen molar-refractivity contribution < 1.29 is 13.2 Å². The molecular weight excluding hydrogens is 276 g/mol. The summed E-state index contributed by atoms with van der Waals surface area (Å²) in [4.78, 5) is 12.3. The van der Waals surface area contributed by atoms with Crippen LogP contribution in [-0.4, -0.2) is 35.0 Å². The van der Waals surface area contributed by atoms with Gasteiger partial charge >= 0.3 is 0 Å². The molecule has 5 nitrogen and oxygen atoms in total. The number of hydrogen-bond donors (Lipinski definition) is 0. The predicted octanol–water partition coefficient (Wildman–Crippen LogP) is 1.88. The van der Waals surface area contributed by atoms with Crippen molar-refractivity contribution >= 4 is 15.6 Å². The van der Waals surface area contributed by atoms with E-state index in [0.29, 0.717) is 0 Å². The quantitative estimate of drug-likeness (QED) is 0.807. The lowest BCUT2D eigenvalue weighted by atomic mass is 10.0. The number of nitrogens with zero attached hydrogens (tertiary/aromatic N) is 2. The number of carbonyl (C=O) groups excluding carboxylic acids is 1. The standard InChI is InChI=1S/C14H16N2O3S/c1-14(2,20(3,18)19)13(17)11-9-15-16(10-11)12-7-5-4-6-8-12/h4-10H,1-3H3. The molecule has 0 radical (unpaired) electrons. The van der Waals surface area contributed by atoms with Crippen LogP contribution in [0.2, 0.25) is 0 Å². The van der Waals surface area contributed by atoms with Crippen molar-refractivity contribution in [2.75, 3.05) is 6.26 Å². The lowest BCUT2D eigenvalue weighted by Crippen LogP contribution is -2.39. The van der Waals surface area contributed by atoms with E-state index in [9.17, 15) is 13.2 Å². The Morgan fingerprint density at radius 2 is 1.80 bits per heavy atom. The second-order valence-corrected chi connectivity index (χ2v) is 7.69. The van der Waals surface area contributed by atoms with Gasteiger partial charge in [-0.25, -0.2) is 13.1 Å². The first-order valence-corrected chi connectivity index (χ1v) is 7.97. The number of benzene rings is 1. The van der Waals surface area contributed by atoms with E-state index < -0.39 is 20.4 Å². The topological polar surface area (TPSA) is 69.0 Å². The number of sulfone groups is 1. The molecule has 1 heterocycles. The molecule has 0 aliphatic carbocycles. The van der Waals surface area contributed by atoms with E-state index in [1.165, 1.54) is 20.0 Å². The Morgan fingerprint density at radius 1 is 1.20 bits per heavy atom. The van der Waals surface area contributed by atoms with Crippen LogP contribution in [0.3, 0.4) is 0 Å². The molecule has 0 spiro atoms. The van der Waals surface area contributed by atoms with Crippen molar-refractivity contribution in [3.63, 3.8) is 0 Å². The Morgan fingerprint density at radius 3 is 2.35 bits per heavy atom. The molecule has 0 unspecified atom stereocenters. The maximum Gasteiger partial charge on any atom is 0.186 e.